The van der Waals surface area contributed by atoms with Crippen LogP contribution in [0.2, 0.25) is 10.0 Å². The Morgan fingerprint density at radius 3 is 2.16 bits per heavy atom. The number of carbonyl (C=O) groups is 1. The molecule has 0 aromatic heterocycles. The molecule has 31 heavy (non-hydrogen) atoms. The quantitative estimate of drug-likeness (QED) is 0.296. The normalized spacial score (nSPS) is 13.9. The lowest BCUT2D eigenvalue weighted by Gasteiger charge is -2.37. The first-order chi connectivity index (χ1) is 14.6. The molecule has 1 aliphatic rings. The summed E-state index contributed by atoms with van der Waals surface area (Å²) in [5.41, 5.74) is -0.662. The summed E-state index contributed by atoms with van der Waals surface area (Å²) < 4.78 is 61.0. The number of hydrogen-bond acceptors (Lipinski definition) is 4. The first-order valence-corrected chi connectivity index (χ1v) is 10.0. The van der Waals surface area contributed by atoms with E-state index >= 15 is 0 Å². The van der Waals surface area contributed by atoms with E-state index in [9.17, 15) is 22.4 Å². The number of nitrogens with zero attached hydrogens (tertiary/aromatic N) is 2. The average molecular weight is 496 g/mol. The third-order valence-corrected chi connectivity index (χ3v) is 5.62. The predicted molar refractivity (Wildman–Crippen MR) is 113 cm³/mol. The van der Waals surface area contributed by atoms with E-state index in [0.29, 0.717) is 10.8 Å². The van der Waals surface area contributed by atoms with Gasteiger partial charge in [0.2, 0.25) is 0 Å². The number of piperazine rings is 1. The molecule has 2 aromatic rings. The van der Waals surface area contributed by atoms with Crippen LogP contribution < -0.4 is 15.0 Å². The van der Waals surface area contributed by atoms with E-state index < -0.39 is 39.9 Å². The molecule has 166 valence electrons. The Hall–Kier alpha value is -2.30. The molecular formula is C19H15Cl2F4N3O2S. The second-order valence-electron chi connectivity index (χ2n) is 6.50. The molecule has 1 heterocycles. The van der Waals surface area contributed by atoms with Gasteiger partial charge in [0, 0.05) is 31.2 Å². The number of ether oxygens (including phenoxy) is 1. The van der Waals surface area contributed by atoms with Crippen molar-refractivity contribution in [1.29, 1.82) is 0 Å². The molecule has 1 amide bonds. The van der Waals surface area contributed by atoms with Gasteiger partial charge in [-0.3, -0.25) is 10.1 Å². The Balaban J connectivity index is 1.69. The fourth-order valence-electron chi connectivity index (χ4n) is 3.11. The van der Waals surface area contributed by atoms with Crippen LogP contribution in [0.3, 0.4) is 0 Å². The molecule has 5 nitrogen and oxygen atoms in total. The smallest absolute Gasteiger partial charge is 0.261 e. The molecule has 0 saturated carbocycles. The molecule has 1 aliphatic heterocycles. The predicted octanol–water partition coefficient (Wildman–Crippen LogP) is 4.40. The van der Waals surface area contributed by atoms with Crippen LogP contribution in [0.15, 0.2) is 18.2 Å². The number of hydrogen-bond donors (Lipinski definition) is 1. The molecule has 3 rings (SSSR count). The fourth-order valence-corrected chi connectivity index (χ4v) is 3.72. The van der Waals surface area contributed by atoms with Crippen molar-refractivity contribution >= 4 is 52.1 Å². The SMILES string of the molecule is COc1ccc(Cl)cc1C(=O)NC(=S)N1CCN(c2c(F)c(F)c(Cl)c(F)c2F)CC1. The number of carbonyl (C=O) groups excluding carboxylic acids is 1. The first-order valence-electron chi connectivity index (χ1n) is 8.85. The van der Waals surface area contributed by atoms with Crippen molar-refractivity contribution in [3.05, 3.63) is 57.1 Å². The molecule has 0 unspecified atom stereocenters. The summed E-state index contributed by atoms with van der Waals surface area (Å²) in [6.45, 7) is 0.253. The van der Waals surface area contributed by atoms with Gasteiger partial charge in [-0.2, -0.15) is 0 Å². The number of rotatable bonds is 3. The van der Waals surface area contributed by atoms with Gasteiger partial charge >= 0.3 is 0 Å². The van der Waals surface area contributed by atoms with Gasteiger partial charge in [-0.05, 0) is 30.4 Å². The highest BCUT2D eigenvalue weighted by molar-refractivity contribution is 7.80. The van der Waals surface area contributed by atoms with Crippen molar-refractivity contribution in [2.24, 2.45) is 0 Å². The Kier molecular flexibility index (Phi) is 7.13. The average Bonchev–Trinajstić information content (AvgIpc) is 2.76. The van der Waals surface area contributed by atoms with E-state index in [0.717, 1.165) is 4.90 Å². The number of halogens is 6. The number of thiocarbonyl (C=S) groups is 1. The van der Waals surface area contributed by atoms with E-state index in [2.05, 4.69) is 5.32 Å². The molecule has 0 atom stereocenters. The maximum atomic E-state index is 14.2. The van der Waals surface area contributed by atoms with Gasteiger partial charge in [0.05, 0.1) is 12.7 Å². The standard InChI is InChI=1S/C19H15Cl2F4N3O2S/c1-30-11-3-2-9(20)8-10(11)18(29)26-19(31)28-6-4-27(5-7-28)17-15(24)13(22)12(21)14(23)16(17)25/h2-3,8H,4-7H2,1H3,(H,26,29,31). The number of methoxy groups -OCH3 is 1. The molecule has 1 fully saturated rings. The molecule has 12 heteroatoms. The monoisotopic (exact) mass is 495 g/mol. The fraction of sp³-hybridized carbons (Fsp3) is 0.263. The van der Waals surface area contributed by atoms with Crippen LogP contribution in [0.4, 0.5) is 23.2 Å². The largest absolute Gasteiger partial charge is 0.496 e. The highest BCUT2D eigenvalue weighted by Crippen LogP contribution is 2.34. The Bertz CT molecular complexity index is 1020. The van der Waals surface area contributed by atoms with Crippen LogP contribution in [-0.2, 0) is 0 Å². The van der Waals surface area contributed by atoms with Crippen molar-refractivity contribution < 1.29 is 27.1 Å². The van der Waals surface area contributed by atoms with Gasteiger partial charge in [-0.25, -0.2) is 17.6 Å². The number of amides is 1. The van der Waals surface area contributed by atoms with Gasteiger partial charge in [0.1, 0.15) is 16.5 Å². The first kappa shape index (κ1) is 23.4. The van der Waals surface area contributed by atoms with E-state index in [-0.39, 0.29) is 36.9 Å². The minimum atomic E-state index is -1.66. The van der Waals surface area contributed by atoms with Crippen molar-refractivity contribution in [2.45, 2.75) is 0 Å². The van der Waals surface area contributed by atoms with Crippen LogP contribution in [-0.4, -0.2) is 49.2 Å². The highest BCUT2D eigenvalue weighted by atomic mass is 35.5. The summed E-state index contributed by atoms with van der Waals surface area (Å²) in [6, 6.07) is 4.52. The lowest BCUT2D eigenvalue weighted by atomic mass is 10.2. The van der Waals surface area contributed by atoms with E-state index in [1.165, 1.54) is 19.2 Å². The summed E-state index contributed by atoms with van der Waals surface area (Å²) in [5.74, 6) is -6.70. The van der Waals surface area contributed by atoms with Crippen molar-refractivity contribution in [3.8, 4) is 5.75 Å². The second kappa shape index (κ2) is 9.46. The summed E-state index contributed by atoms with van der Waals surface area (Å²) >= 11 is 16.4. The van der Waals surface area contributed by atoms with Crippen LogP contribution in [0.1, 0.15) is 10.4 Å². The summed E-state index contributed by atoms with van der Waals surface area (Å²) in [7, 11) is 1.40. The zero-order chi connectivity index (χ0) is 22.9. The molecule has 0 spiro atoms. The van der Waals surface area contributed by atoms with E-state index in [1.54, 1.807) is 11.0 Å². The number of nitrogens with one attached hydrogen (secondary N) is 1. The molecule has 2 aromatic carbocycles. The topological polar surface area (TPSA) is 44.8 Å². The minimum absolute atomic E-state index is 0.00908. The summed E-state index contributed by atoms with van der Waals surface area (Å²) in [5, 5.41) is 1.71. The number of benzene rings is 2. The molecule has 1 saturated heterocycles. The van der Waals surface area contributed by atoms with E-state index in [4.69, 9.17) is 40.2 Å². The van der Waals surface area contributed by atoms with E-state index in [1.807, 2.05) is 0 Å². The summed E-state index contributed by atoms with van der Waals surface area (Å²) in [4.78, 5) is 15.3. The van der Waals surface area contributed by atoms with Crippen LogP contribution in [0.5, 0.6) is 5.75 Å². The van der Waals surface area contributed by atoms with Gasteiger partial charge in [-0.15, -0.1) is 0 Å². The Labute approximate surface area is 190 Å². The summed E-state index contributed by atoms with van der Waals surface area (Å²) in [6.07, 6.45) is 0. The molecular weight excluding hydrogens is 481 g/mol. The molecule has 0 bridgehead atoms. The maximum absolute atomic E-state index is 14.2. The van der Waals surface area contributed by atoms with Gasteiger partial charge < -0.3 is 14.5 Å². The Morgan fingerprint density at radius 1 is 1.03 bits per heavy atom. The minimum Gasteiger partial charge on any atom is -0.496 e. The zero-order valence-corrected chi connectivity index (χ0v) is 18.3. The van der Waals surface area contributed by atoms with Crippen LogP contribution in [0, 0.1) is 23.3 Å². The molecule has 1 N–H and O–H groups in total. The van der Waals surface area contributed by atoms with Gasteiger partial charge in [-0.1, -0.05) is 23.2 Å². The van der Waals surface area contributed by atoms with Gasteiger partial charge in [0.25, 0.3) is 5.91 Å². The van der Waals surface area contributed by atoms with Crippen LogP contribution >= 0.6 is 35.4 Å². The highest BCUT2D eigenvalue weighted by Gasteiger charge is 2.30. The lowest BCUT2D eigenvalue weighted by molar-refractivity contribution is 0.0970. The van der Waals surface area contributed by atoms with Crippen molar-refractivity contribution in [2.75, 3.05) is 38.2 Å². The molecule has 0 aliphatic carbocycles. The molecule has 0 radical (unpaired) electrons. The third-order valence-electron chi connectivity index (χ3n) is 4.70. The zero-order valence-electron chi connectivity index (χ0n) is 15.9. The third kappa shape index (κ3) is 4.65. The lowest BCUT2D eigenvalue weighted by Crippen LogP contribution is -2.53. The maximum Gasteiger partial charge on any atom is 0.261 e. The van der Waals surface area contributed by atoms with Gasteiger partial charge in [0.15, 0.2) is 28.4 Å². The van der Waals surface area contributed by atoms with Crippen molar-refractivity contribution in [3.63, 3.8) is 0 Å². The second-order valence-corrected chi connectivity index (χ2v) is 7.70. The van der Waals surface area contributed by atoms with Crippen LogP contribution in [0.25, 0.3) is 0 Å². The number of anilines is 1. The van der Waals surface area contributed by atoms with Crippen molar-refractivity contribution in [1.82, 2.24) is 10.2 Å². The Morgan fingerprint density at radius 2 is 1.61 bits per heavy atom.